The third-order valence-electron chi connectivity index (χ3n) is 6.64. The van der Waals surface area contributed by atoms with E-state index in [0.29, 0.717) is 23.6 Å². The summed E-state index contributed by atoms with van der Waals surface area (Å²) in [5.41, 5.74) is 6.84. The van der Waals surface area contributed by atoms with E-state index in [2.05, 4.69) is 30.1 Å². The molecule has 7 rings (SSSR count). The summed E-state index contributed by atoms with van der Waals surface area (Å²) in [6, 6.07) is 24.4. The van der Waals surface area contributed by atoms with E-state index in [1.54, 1.807) is 43.0 Å². The standard InChI is InChI=1S/C31H21FN6O/c32-25-9-5-4-8-22(25)30-23-14-28(36-26(23)10-11-34-30)31-24-13-27(35-17-29(24)37-38-31)20-12-21(16-33-15-20)39-18-19-6-2-1-3-7-19/h1-17,36H,18H2,(H,37,38). The molecule has 0 saturated heterocycles. The number of ether oxygens (including phenoxy) is 1. The highest BCUT2D eigenvalue weighted by molar-refractivity contribution is 6.00. The molecule has 0 aliphatic heterocycles. The van der Waals surface area contributed by atoms with Gasteiger partial charge in [-0.1, -0.05) is 42.5 Å². The molecule has 0 fully saturated rings. The van der Waals surface area contributed by atoms with Crippen LogP contribution >= 0.6 is 0 Å². The molecule has 0 amide bonds. The maximum atomic E-state index is 14.6. The molecule has 5 heterocycles. The summed E-state index contributed by atoms with van der Waals surface area (Å²) in [5.74, 6) is 0.347. The van der Waals surface area contributed by atoms with Crippen molar-refractivity contribution < 1.29 is 9.13 Å². The Bertz CT molecular complexity index is 1950. The zero-order valence-corrected chi connectivity index (χ0v) is 20.6. The minimum atomic E-state index is -0.315. The number of nitrogens with zero attached hydrogens (tertiary/aromatic N) is 4. The fourth-order valence-corrected chi connectivity index (χ4v) is 4.71. The predicted molar refractivity (Wildman–Crippen MR) is 148 cm³/mol. The molecule has 188 valence electrons. The number of halogens is 1. The highest BCUT2D eigenvalue weighted by Gasteiger charge is 2.17. The second-order valence-corrected chi connectivity index (χ2v) is 9.15. The molecular formula is C31H21FN6O. The smallest absolute Gasteiger partial charge is 0.138 e. The molecule has 0 saturated carbocycles. The molecule has 7 nitrogen and oxygen atoms in total. The Hall–Kier alpha value is -5.37. The lowest BCUT2D eigenvalue weighted by molar-refractivity contribution is 0.305. The predicted octanol–water partition coefficient (Wildman–Crippen LogP) is 6.95. The molecule has 5 aromatic heterocycles. The summed E-state index contributed by atoms with van der Waals surface area (Å²) in [4.78, 5) is 16.9. The minimum Gasteiger partial charge on any atom is -0.487 e. The van der Waals surface area contributed by atoms with Gasteiger partial charge in [0, 0.05) is 39.8 Å². The van der Waals surface area contributed by atoms with Crippen molar-refractivity contribution >= 4 is 21.8 Å². The topological polar surface area (TPSA) is 92.4 Å². The first kappa shape index (κ1) is 22.8. The number of rotatable bonds is 6. The van der Waals surface area contributed by atoms with Crippen LogP contribution in [0.5, 0.6) is 5.75 Å². The van der Waals surface area contributed by atoms with Gasteiger partial charge in [0.1, 0.15) is 23.9 Å². The number of nitrogens with one attached hydrogen (secondary N) is 2. The summed E-state index contributed by atoms with van der Waals surface area (Å²) in [6.45, 7) is 0.453. The van der Waals surface area contributed by atoms with E-state index in [0.717, 1.165) is 50.0 Å². The van der Waals surface area contributed by atoms with Crippen LogP contribution in [0, 0.1) is 5.82 Å². The lowest BCUT2D eigenvalue weighted by Crippen LogP contribution is -1.96. The molecule has 0 unspecified atom stereocenters. The first-order chi connectivity index (χ1) is 19.2. The lowest BCUT2D eigenvalue weighted by Gasteiger charge is -2.08. The van der Waals surface area contributed by atoms with Gasteiger partial charge in [-0.2, -0.15) is 5.10 Å². The molecule has 0 radical (unpaired) electrons. The molecule has 0 aliphatic carbocycles. The van der Waals surface area contributed by atoms with Crippen molar-refractivity contribution in [2.75, 3.05) is 0 Å². The van der Waals surface area contributed by atoms with Crippen molar-refractivity contribution in [3.05, 3.63) is 115 Å². The van der Waals surface area contributed by atoms with Crippen molar-refractivity contribution in [2.24, 2.45) is 0 Å². The van der Waals surface area contributed by atoms with Crippen molar-refractivity contribution in [2.45, 2.75) is 6.61 Å². The van der Waals surface area contributed by atoms with E-state index in [4.69, 9.17) is 4.74 Å². The van der Waals surface area contributed by atoms with Crippen LogP contribution in [-0.2, 0) is 6.61 Å². The summed E-state index contributed by atoms with van der Waals surface area (Å²) >= 11 is 0. The number of aromatic amines is 2. The second-order valence-electron chi connectivity index (χ2n) is 9.15. The Labute approximate surface area is 222 Å². The van der Waals surface area contributed by atoms with Crippen LogP contribution in [0.1, 0.15) is 5.56 Å². The molecule has 0 bridgehead atoms. The highest BCUT2D eigenvalue weighted by Crippen LogP contribution is 2.34. The third-order valence-corrected chi connectivity index (χ3v) is 6.64. The Kier molecular flexibility index (Phi) is 5.55. The maximum Gasteiger partial charge on any atom is 0.138 e. The molecular weight excluding hydrogens is 491 g/mol. The fraction of sp³-hybridized carbons (Fsp3) is 0.0323. The quantitative estimate of drug-likeness (QED) is 0.252. The van der Waals surface area contributed by atoms with E-state index < -0.39 is 0 Å². The SMILES string of the molecule is Fc1ccccc1-c1nccc2[nH]c(-c3n[nH]c4cnc(-c5cncc(OCc6ccccc6)c5)cc34)cc12. The zero-order valence-electron chi connectivity index (χ0n) is 20.6. The van der Waals surface area contributed by atoms with E-state index in [1.807, 2.05) is 54.6 Å². The summed E-state index contributed by atoms with van der Waals surface area (Å²) in [6.07, 6.45) is 6.89. The van der Waals surface area contributed by atoms with Gasteiger partial charge in [-0.05, 0) is 42.0 Å². The molecule has 0 atom stereocenters. The van der Waals surface area contributed by atoms with Gasteiger partial charge < -0.3 is 9.72 Å². The molecule has 0 aliphatic rings. The van der Waals surface area contributed by atoms with Gasteiger partial charge in [-0.15, -0.1) is 0 Å². The number of benzene rings is 2. The molecule has 0 spiro atoms. The Balaban J connectivity index is 1.25. The van der Waals surface area contributed by atoms with E-state index in [-0.39, 0.29) is 5.82 Å². The average molecular weight is 513 g/mol. The molecule has 2 aromatic carbocycles. The third kappa shape index (κ3) is 4.27. The van der Waals surface area contributed by atoms with Gasteiger partial charge in [0.15, 0.2) is 0 Å². The monoisotopic (exact) mass is 512 g/mol. The van der Waals surface area contributed by atoms with Gasteiger partial charge >= 0.3 is 0 Å². The lowest BCUT2D eigenvalue weighted by atomic mass is 10.1. The van der Waals surface area contributed by atoms with Crippen LogP contribution in [0.15, 0.2) is 104 Å². The van der Waals surface area contributed by atoms with Crippen molar-refractivity contribution in [1.29, 1.82) is 0 Å². The van der Waals surface area contributed by atoms with Crippen LogP contribution in [-0.4, -0.2) is 30.1 Å². The van der Waals surface area contributed by atoms with Crippen LogP contribution in [0.4, 0.5) is 4.39 Å². The fourth-order valence-electron chi connectivity index (χ4n) is 4.71. The second kappa shape index (κ2) is 9.50. The maximum absolute atomic E-state index is 14.6. The van der Waals surface area contributed by atoms with Crippen molar-refractivity contribution in [1.82, 2.24) is 30.1 Å². The Morgan fingerprint density at radius 3 is 2.51 bits per heavy atom. The van der Waals surface area contributed by atoms with Crippen LogP contribution in [0.25, 0.3) is 55.7 Å². The van der Waals surface area contributed by atoms with Gasteiger partial charge in [0.05, 0.1) is 35.0 Å². The average Bonchev–Trinajstić information content (AvgIpc) is 3.61. The summed E-state index contributed by atoms with van der Waals surface area (Å²) in [5, 5.41) is 9.34. The first-order valence-electron chi connectivity index (χ1n) is 12.4. The number of hydrogen-bond donors (Lipinski definition) is 2. The highest BCUT2D eigenvalue weighted by atomic mass is 19.1. The Morgan fingerprint density at radius 1 is 0.769 bits per heavy atom. The van der Waals surface area contributed by atoms with E-state index in [9.17, 15) is 4.39 Å². The van der Waals surface area contributed by atoms with Crippen LogP contribution in [0.2, 0.25) is 0 Å². The normalized spacial score (nSPS) is 11.3. The Morgan fingerprint density at radius 2 is 1.62 bits per heavy atom. The van der Waals surface area contributed by atoms with Gasteiger partial charge in [0.2, 0.25) is 0 Å². The van der Waals surface area contributed by atoms with E-state index >= 15 is 0 Å². The summed E-state index contributed by atoms with van der Waals surface area (Å²) in [7, 11) is 0. The molecule has 7 aromatic rings. The van der Waals surface area contributed by atoms with Gasteiger partial charge in [0.25, 0.3) is 0 Å². The largest absolute Gasteiger partial charge is 0.487 e. The van der Waals surface area contributed by atoms with E-state index in [1.165, 1.54) is 6.07 Å². The molecule has 39 heavy (non-hydrogen) atoms. The van der Waals surface area contributed by atoms with Gasteiger partial charge in [-0.25, -0.2) is 4.39 Å². The number of hydrogen-bond acceptors (Lipinski definition) is 5. The molecule has 2 N–H and O–H groups in total. The van der Waals surface area contributed by atoms with Crippen LogP contribution in [0.3, 0.4) is 0 Å². The zero-order chi connectivity index (χ0) is 26.2. The van der Waals surface area contributed by atoms with Crippen LogP contribution < -0.4 is 4.74 Å². The van der Waals surface area contributed by atoms with Crippen molar-refractivity contribution in [3.8, 4) is 39.7 Å². The van der Waals surface area contributed by atoms with Crippen molar-refractivity contribution in [3.63, 3.8) is 0 Å². The minimum absolute atomic E-state index is 0.315. The first-order valence-corrected chi connectivity index (χ1v) is 12.4. The molecule has 8 heteroatoms. The number of pyridine rings is 3. The van der Waals surface area contributed by atoms with Gasteiger partial charge in [-0.3, -0.25) is 20.1 Å². The number of H-pyrrole nitrogens is 2. The summed E-state index contributed by atoms with van der Waals surface area (Å²) < 4.78 is 20.5. The number of aromatic nitrogens is 6. The number of fused-ring (bicyclic) bond motifs is 2.